The second kappa shape index (κ2) is 4.70. The second-order valence-corrected chi connectivity index (χ2v) is 4.33. The van der Waals surface area contributed by atoms with Crippen LogP contribution in [0.2, 0.25) is 0 Å². The number of rotatable bonds is 3. The molecule has 1 heterocycles. The largest absolute Gasteiger partial charge is 0.294 e. The summed E-state index contributed by atoms with van der Waals surface area (Å²) in [6.45, 7) is 0. The van der Waals surface area contributed by atoms with Crippen molar-refractivity contribution in [3.05, 3.63) is 39.9 Å². The minimum atomic E-state index is -0.562. The summed E-state index contributed by atoms with van der Waals surface area (Å²) in [7, 11) is 1.60. The molecule has 1 aromatic heterocycles. The van der Waals surface area contributed by atoms with Crippen LogP contribution in [0.4, 0.5) is 4.39 Å². The van der Waals surface area contributed by atoms with Crippen molar-refractivity contribution in [2.75, 3.05) is 0 Å². The van der Waals surface area contributed by atoms with Gasteiger partial charge in [-0.2, -0.15) is 4.80 Å². The van der Waals surface area contributed by atoms with Crippen LogP contribution in [0, 0.1) is 5.82 Å². The zero-order valence-corrected chi connectivity index (χ0v) is 10.5. The molecule has 0 bridgehead atoms. The minimum Gasteiger partial charge on any atom is -0.294 e. The molecule has 0 aliphatic heterocycles. The van der Waals surface area contributed by atoms with Gasteiger partial charge in [0.25, 0.3) is 0 Å². The van der Waals surface area contributed by atoms with Gasteiger partial charge in [-0.05, 0) is 23.4 Å². The Morgan fingerprint density at radius 1 is 1.53 bits per heavy atom. The molecule has 1 aromatic carbocycles. The molecular formula is C10H8BrFN4O. The molecule has 0 unspecified atom stereocenters. The van der Waals surface area contributed by atoms with E-state index in [4.69, 9.17) is 0 Å². The van der Waals surface area contributed by atoms with Gasteiger partial charge in [0, 0.05) is 4.47 Å². The van der Waals surface area contributed by atoms with Crippen molar-refractivity contribution in [2.24, 2.45) is 7.05 Å². The maximum atomic E-state index is 13.5. The fourth-order valence-electron chi connectivity index (χ4n) is 1.35. The number of ketones is 1. The van der Waals surface area contributed by atoms with Crippen molar-refractivity contribution in [3.8, 4) is 0 Å². The van der Waals surface area contributed by atoms with Gasteiger partial charge in [-0.15, -0.1) is 10.2 Å². The lowest BCUT2D eigenvalue weighted by molar-refractivity contribution is 0.0987. The van der Waals surface area contributed by atoms with E-state index in [1.165, 1.54) is 16.9 Å². The highest BCUT2D eigenvalue weighted by atomic mass is 79.9. The Labute approximate surface area is 105 Å². The predicted octanol–water partition coefficient (Wildman–Crippen LogP) is 1.54. The molecule has 88 valence electrons. The summed E-state index contributed by atoms with van der Waals surface area (Å²) in [6, 6.07) is 4.29. The number of Topliss-reactive ketones (excluding diaryl/α,β-unsaturated/α-hetero) is 1. The van der Waals surface area contributed by atoms with E-state index < -0.39 is 5.82 Å². The fourth-order valence-corrected chi connectivity index (χ4v) is 1.68. The van der Waals surface area contributed by atoms with Gasteiger partial charge in [0.15, 0.2) is 11.6 Å². The van der Waals surface area contributed by atoms with Gasteiger partial charge in [-0.1, -0.05) is 15.9 Å². The number of carbonyl (C=O) groups is 1. The second-order valence-electron chi connectivity index (χ2n) is 3.42. The number of hydrogen-bond donors (Lipinski definition) is 0. The highest BCUT2D eigenvalue weighted by Gasteiger charge is 2.15. The van der Waals surface area contributed by atoms with Crippen molar-refractivity contribution in [1.29, 1.82) is 0 Å². The lowest BCUT2D eigenvalue weighted by Crippen LogP contribution is -2.07. The summed E-state index contributed by atoms with van der Waals surface area (Å²) in [5.41, 5.74) is 0.0284. The summed E-state index contributed by atoms with van der Waals surface area (Å²) in [5.74, 6) is -0.656. The van der Waals surface area contributed by atoms with Crippen LogP contribution < -0.4 is 0 Å². The third-order valence-electron chi connectivity index (χ3n) is 2.10. The Morgan fingerprint density at radius 3 is 2.88 bits per heavy atom. The van der Waals surface area contributed by atoms with Crippen molar-refractivity contribution >= 4 is 21.7 Å². The van der Waals surface area contributed by atoms with E-state index >= 15 is 0 Å². The molecule has 17 heavy (non-hydrogen) atoms. The van der Waals surface area contributed by atoms with Crippen molar-refractivity contribution in [1.82, 2.24) is 20.2 Å². The lowest BCUT2D eigenvalue weighted by Gasteiger charge is -2.00. The highest BCUT2D eigenvalue weighted by Crippen LogP contribution is 2.16. The molecule has 5 nitrogen and oxygen atoms in total. The normalized spacial score (nSPS) is 10.5. The number of aryl methyl sites for hydroxylation is 1. The highest BCUT2D eigenvalue weighted by molar-refractivity contribution is 9.10. The van der Waals surface area contributed by atoms with E-state index in [9.17, 15) is 9.18 Å². The first-order valence-electron chi connectivity index (χ1n) is 4.77. The topological polar surface area (TPSA) is 60.7 Å². The molecule has 0 N–H and O–H groups in total. The summed E-state index contributed by atoms with van der Waals surface area (Å²) in [6.07, 6.45) is -0.0631. The van der Waals surface area contributed by atoms with Crippen LogP contribution in [0.25, 0.3) is 0 Å². The standard InChI is InChI=1S/C10H8BrFN4O/c1-16-14-10(13-15-16)5-9(17)7-3-2-6(11)4-8(7)12/h2-4H,5H2,1H3. The minimum absolute atomic E-state index is 0.0284. The van der Waals surface area contributed by atoms with Crippen LogP contribution in [0.1, 0.15) is 16.2 Å². The van der Waals surface area contributed by atoms with E-state index in [-0.39, 0.29) is 23.6 Å². The Balaban J connectivity index is 2.20. The Hall–Kier alpha value is -1.63. The van der Waals surface area contributed by atoms with Crippen molar-refractivity contribution < 1.29 is 9.18 Å². The number of halogens is 2. The molecule has 0 spiro atoms. The predicted molar refractivity (Wildman–Crippen MR) is 60.9 cm³/mol. The molecule has 0 saturated heterocycles. The Kier molecular flexibility index (Phi) is 3.28. The number of aromatic nitrogens is 4. The van der Waals surface area contributed by atoms with Gasteiger partial charge >= 0.3 is 0 Å². The van der Waals surface area contributed by atoms with Crippen LogP contribution in [0.15, 0.2) is 22.7 Å². The van der Waals surface area contributed by atoms with E-state index in [0.717, 1.165) is 0 Å². The van der Waals surface area contributed by atoms with Crippen LogP contribution in [0.3, 0.4) is 0 Å². The first-order chi connectivity index (χ1) is 8.06. The van der Waals surface area contributed by atoms with Gasteiger partial charge < -0.3 is 0 Å². The van der Waals surface area contributed by atoms with Crippen LogP contribution >= 0.6 is 15.9 Å². The average Bonchev–Trinajstić information content (AvgIpc) is 2.63. The van der Waals surface area contributed by atoms with Gasteiger partial charge in [0.1, 0.15) is 5.82 Å². The average molecular weight is 299 g/mol. The number of tetrazole rings is 1. The molecule has 0 aliphatic carbocycles. The summed E-state index contributed by atoms with van der Waals surface area (Å²) in [4.78, 5) is 13.0. The zero-order valence-electron chi connectivity index (χ0n) is 8.89. The monoisotopic (exact) mass is 298 g/mol. The molecule has 0 aliphatic rings. The molecular weight excluding hydrogens is 291 g/mol. The molecule has 7 heteroatoms. The number of benzene rings is 1. The van der Waals surface area contributed by atoms with E-state index in [2.05, 4.69) is 31.3 Å². The molecule has 0 fully saturated rings. The van der Waals surface area contributed by atoms with Crippen molar-refractivity contribution in [2.45, 2.75) is 6.42 Å². The Morgan fingerprint density at radius 2 is 2.29 bits per heavy atom. The molecule has 2 rings (SSSR count). The summed E-state index contributed by atoms with van der Waals surface area (Å²) >= 11 is 3.13. The first-order valence-corrected chi connectivity index (χ1v) is 5.56. The van der Waals surface area contributed by atoms with Gasteiger partial charge in [0.2, 0.25) is 0 Å². The lowest BCUT2D eigenvalue weighted by atomic mass is 10.1. The summed E-state index contributed by atoms with van der Waals surface area (Å²) in [5, 5.41) is 11.1. The first kappa shape index (κ1) is 11.8. The molecule has 0 radical (unpaired) electrons. The van der Waals surface area contributed by atoms with Gasteiger partial charge in [-0.25, -0.2) is 4.39 Å². The number of carbonyl (C=O) groups excluding carboxylic acids is 1. The maximum absolute atomic E-state index is 13.5. The van der Waals surface area contributed by atoms with E-state index in [1.807, 2.05) is 0 Å². The van der Waals surface area contributed by atoms with E-state index in [1.54, 1.807) is 13.1 Å². The fraction of sp³-hybridized carbons (Fsp3) is 0.200. The number of hydrogen-bond acceptors (Lipinski definition) is 4. The zero-order chi connectivity index (χ0) is 12.4. The quantitative estimate of drug-likeness (QED) is 0.807. The van der Waals surface area contributed by atoms with Gasteiger partial charge in [0.05, 0.1) is 19.0 Å². The van der Waals surface area contributed by atoms with Crippen LogP contribution in [-0.4, -0.2) is 26.0 Å². The van der Waals surface area contributed by atoms with Crippen molar-refractivity contribution in [3.63, 3.8) is 0 Å². The molecule has 0 saturated carbocycles. The molecule has 0 amide bonds. The molecule has 0 atom stereocenters. The van der Waals surface area contributed by atoms with E-state index in [0.29, 0.717) is 4.47 Å². The SMILES string of the molecule is Cn1nnc(CC(=O)c2ccc(Br)cc2F)n1. The summed E-state index contributed by atoms with van der Waals surface area (Å²) < 4.78 is 14.1. The van der Waals surface area contributed by atoms with Gasteiger partial charge in [-0.3, -0.25) is 4.79 Å². The maximum Gasteiger partial charge on any atom is 0.182 e. The third kappa shape index (κ3) is 2.73. The third-order valence-corrected chi connectivity index (χ3v) is 2.59. The number of nitrogens with zero attached hydrogens (tertiary/aromatic N) is 4. The Bertz CT molecular complexity index is 569. The van der Waals surface area contributed by atoms with Crippen LogP contribution in [0.5, 0.6) is 0 Å². The molecule has 2 aromatic rings. The smallest absolute Gasteiger partial charge is 0.182 e. The van der Waals surface area contributed by atoms with Crippen LogP contribution in [-0.2, 0) is 13.5 Å².